The number of aromatic nitrogens is 2. The molecule has 1 aromatic heterocycles. The number of aliphatic hydroxyl groups excluding tert-OH is 1. The number of hydrogen-bond acceptors (Lipinski definition) is 4. The summed E-state index contributed by atoms with van der Waals surface area (Å²) >= 11 is 0. The van der Waals surface area contributed by atoms with Crippen LogP contribution in [0.3, 0.4) is 0 Å². The number of methoxy groups -OCH3 is 1. The van der Waals surface area contributed by atoms with Crippen LogP contribution in [0, 0.1) is 13.8 Å². The van der Waals surface area contributed by atoms with E-state index in [1.807, 2.05) is 26.1 Å². The SMILES string of the molecule is COc1ccc(CN(CCO)Cc2cnc(C)[nH]2)cc1C. The Morgan fingerprint density at radius 3 is 2.67 bits per heavy atom. The maximum absolute atomic E-state index is 9.25. The lowest BCUT2D eigenvalue weighted by Crippen LogP contribution is -2.26. The lowest BCUT2D eigenvalue weighted by Gasteiger charge is -2.21. The quantitative estimate of drug-likeness (QED) is 0.819. The van der Waals surface area contributed by atoms with Gasteiger partial charge in [0.2, 0.25) is 0 Å². The molecule has 0 amide bonds. The van der Waals surface area contributed by atoms with E-state index in [0.717, 1.165) is 35.9 Å². The van der Waals surface area contributed by atoms with Crippen molar-refractivity contribution in [3.05, 3.63) is 47.0 Å². The van der Waals surface area contributed by atoms with Gasteiger partial charge < -0.3 is 14.8 Å². The van der Waals surface area contributed by atoms with Crippen molar-refractivity contribution in [2.75, 3.05) is 20.3 Å². The first-order chi connectivity index (χ1) is 10.1. The van der Waals surface area contributed by atoms with Crippen molar-refractivity contribution in [2.45, 2.75) is 26.9 Å². The van der Waals surface area contributed by atoms with Crippen LogP contribution in [-0.4, -0.2) is 40.2 Å². The van der Waals surface area contributed by atoms with Crippen molar-refractivity contribution in [3.8, 4) is 5.75 Å². The minimum absolute atomic E-state index is 0.141. The Morgan fingerprint density at radius 2 is 2.10 bits per heavy atom. The zero-order chi connectivity index (χ0) is 15.2. The van der Waals surface area contributed by atoms with Gasteiger partial charge in [0.25, 0.3) is 0 Å². The average molecular weight is 289 g/mol. The minimum atomic E-state index is 0.141. The van der Waals surface area contributed by atoms with Gasteiger partial charge in [0.15, 0.2) is 0 Å². The first-order valence-corrected chi connectivity index (χ1v) is 7.09. The molecular formula is C16H23N3O2. The molecule has 5 nitrogen and oxygen atoms in total. The molecule has 0 spiro atoms. The maximum Gasteiger partial charge on any atom is 0.121 e. The highest BCUT2D eigenvalue weighted by Gasteiger charge is 2.09. The minimum Gasteiger partial charge on any atom is -0.496 e. The molecule has 0 saturated heterocycles. The maximum atomic E-state index is 9.25. The molecule has 0 unspecified atom stereocenters. The Labute approximate surface area is 125 Å². The lowest BCUT2D eigenvalue weighted by molar-refractivity contribution is 0.183. The van der Waals surface area contributed by atoms with E-state index in [1.165, 1.54) is 5.56 Å². The number of ether oxygens (including phenoxy) is 1. The van der Waals surface area contributed by atoms with E-state index in [2.05, 4.69) is 27.0 Å². The third kappa shape index (κ3) is 4.31. The summed E-state index contributed by atoms with van der Waals surface area (Å²) in [6, 6.07) is 6.18. The highest BCUT2D eigenvalue weighted by atomic mass is 16.5. The number of H-pyrrole nitrogens is 1. The van der Waals surface area contributed by atoms with Crippen LogP contribution in [0.5, 0.6) is 5.75 Å². The van der Waals surface area contributed by atoms with Gasteiger partial charge in [-0.2, -0.15) is 0 Å². The van der Waals surface area contributed by atoms with Gasteiger partial charge in [-0.25, -0.2) is 4.98 Å². The van der Waals surface area contributed by atoms with Crippen molar-refractivity contribution in [3.63, 3.8) is 0 Å². The molecular weight excluding hydrogens is 266 g/mol. The topological polar surface area (TPSA) is 61.4 Å². The summed E-state index contributed by atoms with van der Waals surface area (Å²) in [6.45, 7) is 6.27. The van der Waals surface area contributed by atoms with E-state index < -0.39 is 0 Å². The molecule has 0 bridgehead atoms. The van der Waals surface area contributed by atoms with E-state index in [9.17, 15) is 5.11 Å². The molecule has 0 saturated carbocycles. The third-order valence-electron chi connectivity index (χ3n) is 3.43. The number of aromatic amines is 1. The molecule has 114 valence electrons. The van der Waals surface area contributed by atoms with Crippen LogP contribution in [0.15, 0.2) is 24.4 Å². The van der Waals surface area contributed by atoms with Gasteiger partial charge in [-0.3, -0.25) is 4.90 Å². The van der Waals surface area contributed by atoms with E-state index >= 15 is 0 Å². The van der Waals surface area contributed by atoms with Crippen LogP contribution in [0.25, 0.3) is 0 Å². The highest BCUT2D eigenvalue weighted by molar-refractivity contribution is 5.36. The van der Waals surface area contributed by atoms with Gasteiger partial charge in [0, 0.05) is 31.5 Å². The van der Waals surface area contributed by atoms with Gasteiger partial charge >= 0.3 is 0 Å². The molecule has 0 radical (unpaired) electrons. The second kappa shape index (κ2) is 7.24. The molecule has 2 N–H and O–H groups in total. The molecule has 0 aliphatic carbocycles. The van der Waals surface area contributed by atoms with E-state index in [1.54, 1.807) is 7.11 Å². The summed E-state index contributed by atoms with van der Waals surface area (Å²) in [6.07, 6.45) is 1.85. The Kier molecular flexibility index (Phi) is 5.36. The molecule has 21 heavy (non-hydrogen) atoms. The second-order valence-electron chi connectivity index (χ2n) is 5.23. The second-order valence-corrected chi connectivity index (χ2v) is 5.23. The van der Waals surface area contributed by atoms with E-state index in [0.29, 0.717) is 6.54 Å². The zero-order valence-corrected chi connectivity index (χ0v) is 12.9. The zero-order valence-electron chi connectivity index (χ0n) is 12.9. The summed E-state index contributed by atoms with van der Waals surface area (Å²) in [4.78, 5) is 9.63. The van der Waals surface area contributed by atoms with Gasteiger partial charge in [0.05, 0.1) is 13.7 Å². The van der Waals surface area contributed by atoms with E-state index in [-0.39, 0.29) is 6.61 Å². The van der Waals surface area contributed by atoms with Crippen LogP contribution in [0.4, 0.5) is 0 Å². The molecule has 0 atom stereocenters. The summed E-state index contributed by atoms with van der Waals surface area (Å²) in [5.41, 5.74) is 3.39. The first kappa shape index (κ1) is 15.5. The summed E-state index contributed by atoms with van der Waals surface area (Å²) in [5.74, 6) is 1.81. The normalized spacial score (nSPS) is 11.1. The van der Waals surface area contributed by atoms with Gasteiger partial charge in [-0.1, -0.05) is 12.1 Å². The largest absolute Gasteiger partial charge is 0.496 e. The van der Waals surface area contributed by atoms with Crippen molar-refractivity contribution >= 4 is 0 Å². The molecule has 0 aliphatic rings. The van der Waals surface area contributed by atoms with Crippen LogP contribution < -0.4 is 4.74 Å². The standard InChI is InChI=1S/C16H23N3O2/c1-12-8-14(4-5-16(12)21-3)10-19(6-7-20)11-15-9-17-13(2)18-15/h4-5,8-9,20H,6-7,10-11H2,1-3H3,(H,17,18). The Bertz CT molecular complexity index is 581. The van der Waals surface area contributed by atoms with Crippen LogP contribution in [-0.2, 0) is 13.1 Å². The Hall–Kier alpha value is -1.85. The molecule has 1 aromatic carbocycles. The predicted octanol–water partition coefficient (Wildman–Crippen LogP) is 2.03. The highest BCUT2D eigenvalue weighted by Crippen LogP contribution is 2.19. The molecule has 0 aliphatic heterocycles. The van der Waals surface area contributed by atoms with E-state index in [4.69, 9.17) is 4.74 Å². The Balaban J connectivity index is 2.06. The number of benzene rings is 1. The number of nitrogens with zero attached hydrogens (tertiary/aromatic N) is 2. The van der Waals surface area contributed by atoms with Crippen LogP contribution in [0.2, 0.25) is 0 Å². The Morgan fingerprint density at radius 1 is 1.29 bits per heavy atom. The number of nitrogens with one attached hydrogen (secondary N) is 1. The fourth-order valence-corrected chi connectivity index (χ4v) is 2.45. The number of rotatable bonds is 7. The van der Waals surface area contributed by atoms with Gasteiger partial charge in [-0.05, 0) is 31.0 Å². The van der Waals surface area contributed by atoms with Crippen LogP contribution in [0.1, 0.15) is 22.6 Å². The molecule has 2 aromatic rings. The predicted molar refractivity (Wildman–Crippen MR) is 82.3 cm³/mol. The van der Waals surface area contributed by atoms with Crippen molar-refractivity contribution < 1.29 is 9.84 Å². The van der Waals surface area contributed by atoms with Crippen molar-refractivity contribution in [1.29, 1.82) is 0 Å². The first-order valence-electron chi connectivity index (χ1n) is 7.09. The van der Waals surface area contributed by atoms with Crippen LogP contribution >= 0.6 is 0 Å². The summed E-state index contributed by atoms with van der Waals surface area (Å²) in [7, 11) is 1.68. The van der Waals surface area contributed by atoms with Crippen molar-refractivity contribution in [1.82, 2.24) is 14.9 Å². The molecule has 1 heterocycles. The lowest BCUT2D eigenvalue weighted by atomic mass is 10.1. The number of aryl methyl sites for hydroxylation is 2. The monoisotopic (exact) mass is 289 g/mol. The fraction of sp³-hybridized carbons (Fsp3) is 0.438. The average Bonchev–Trinajstić information content (AvgIpc) is 2.84. The number of aliphatic hydroxyl groups is 1. The van der Waals surface area contributed by atoms with Crippen molar-refractivity contribution in [2.24, 2.45) is 0 Å². The molecule has 0 fully saturated rings. The number of hydrogen-bond donors (Lipinski definition) is 2. The third-order valence-corrected chi connectivity index (χ3v) is 3.43. The molecule has 5 heteroatoms. The summed E-state index contributed by atoms with van der Waals surface area (Å²) < 4.78 is 5.28. The summed E-state index contributed by atoms with van der Waals surface area (Å²) in [5, 5.41) is 9.25. The smallest absolute Gasteiger partial charge is 0.121 e. The fourth-order valence-electron chi connectivity index (χ4n) is 2.45. The molecule has 2 rings (SSSR count). The number of imidazole rings is 1. The van der Waals surface area contributed by atoms with Gasteiger partial charge in [0.1, 0.15) is 11.6 Å². The van der Waals surface area contributed by atoms with Gasteiger partial charge in [-0.15, -0.1) is 0 Å².